The average Bonchev–Trinajstić information content (AvgIpc) is 2.47. The Labute approximate surface area is 132 Å². The highest BCUT2D eigenvalue weighted by Gasteiger charge is 2.18. The zero-order valence-corrected chi connectivity index (χ0v) is 13.4. The maximum Gasteiger partial charge on any atom is 0.135 e. The van der Waals surface area contributed by atoms with Gasteiger partial charge in [0.15, 0.2) is 0 Å². The zero-order chi connectivity index (χ0) is 15.1. The van der Waals surface area contributed by atoms with Crippen LogP contribution in [0, 0.1) is 18.8 Å². The van der Waals surface area contributed by atoms with Gasteiger partial charge in [0.2, 0.25) is 0 Å². The van der Waals surface area contributed by atoms with Crippen LogP contribution >= 0.6 is 11.6 Å². The number of rotatable bonds is 4. The van der Waals surface area contributed by atoms with Gasteiger partial charge >= 0.3 is 0 Å². The fourth-order valence-corrected chi connectivity index (χ4v) is 2.32. The Bertz CT molecular complexity index is 521. The summed E-state index contributed by atoms with van der Waals surface area (Å²) in [5, 5.41) is 0. The lowest BCUT2D eigenvalue weighted by molar-refractivity contribution is -0.0403. The van der Waals surface area contributed by atoms with Gasteiger partial charge in [0, 0.05) is 25.4 Å². The number of halogens is 1. The quantitative estimate of drug-likeness (QED) is 0.630. The van der Waals surface area contributed by atoms with Crippen molar-refractivity contribution in [1.82, 2.24) is 4.90 Å². The van der Waals surface area contributed by atoms with Gasteiger partial charge in [-0.25, -0.2) is 0 Å². The molecule has 1 aromatic rings. The fraction of sp³-hybridized carbons (Fsp3) is 0.529. The van der Waals surface area contributed by atoms with Crippen molar-refractivity contribution in [2.75, 3.05) is 39.2 Å². The van der Waals surface area contributed by atoms with Crippen LogP contribution in [0.25, 0.3) is 0 Å². The number of morpholine rings is 1. The first-order valence-electron chi connectivity index (χ1n) is 7.27. The third-order valence-electron chi connectivity index (χ3n) is 3.34. The lowest BCUT2D eigenvalue weighted by Crippen LogP contribution is -2.42. The summed E-state index contributed by atoms with van der Waals surface area (Å²) in [6.45, 7) is 5.25. The number of alkyl halides is 1. The highest BCUT2D eigenvalue weighted by atomic mass is 35.5. The second kappa shape index (κ2) is 8.29. The minimum Gasteiger partial charge on any atom is -0.490 e. The molecule has 2 rings (SSSR count). The number of benzene rings is 1. The van der Waals surface area contributed by atoms with Gasteiger partial charge in [-0.3, -0.25) is 0 Å². The smallest absolute Gasteiger partial charge is 0.135 e. The summed E-state index contributed by atoms with van der Waals surface area (Å²) in [5.74, 6) is 7.58. The van der Waals surface area contributed by atoms with Crippen LogP contribution in [-0.2, 0) is 4.74 Å². The van der Waals surface area contributed by atoms with Gasteiger partial charge in [-0.2, -0.15) is 0 Å². The van der Waals surface area contributed by atoms with E-state index in [4.69, 9.17) is 21.1 Å². The van der Waals surface area contributed by atoms with Crippen LogP contribution in [-0.4, -0.2) is 50.2 Å². The van der Waals surface area contributed by atoms with Gasteiger partial charge in [0.1, 0.15) is 18.5 Å². The van der Waals surface area contributed by atoms with E-state index in [0.717, 1.165) is 31.0 Å². The molecule has 1 atom stereocenters. The van der Waals surface area contributed by atoms with E-state index in [1.54, 1.807) is 0 Å². The molecule has 1 aliphatic rings. The predicted octanol–water partition coefficient (Wildman–Crippen LogP) is 2.68. The molecule has 0 N–H and O–H groups in total. The number of nitrogens with zero attached hydrogens (tertiary/aromatic N) is 1. The topological polar surface area (TPSA) is 21.7 Å². The molecule has 1 fully saturated rings. The summed E-state index contributed by atoms with van der Waals surface area (Å²) in [6, 6.07) is 6.06. The summed E-state index contributed by atoms with van der Waals surface area (Å²) in [6.07, 6.45) is 0.805. The standard InChI is InChI=1S/C17H22ClNO2/c1-14-6-7-17(15(11-14)5-3-4-8-18)21-13-16-12-19(2)9-10-20-16/h6-7,11,16H,4,8-10,12-13H2,1-2H3. The molecule has 0 radical (unpaired) electrons. The van der Waals surface area contributed by atoms with Crippen molar-refractivity contribution < 1.29 is 9.47 Å². The van der Waals surface area contributed by atoms with Crippen molar-refractivity contribution >= 4 is 11.6 Å². The molecule has 0 bridgehead atoms. The Morgan fingerprint density at radius 2 is 2.33 bits per heavy atom. The fourth-order valence-electron chi connectivity index (χ4n) is 2.22. The first-order valence-corrected chi connectivity index (χ1v) is 7.81. The molecule has 1 unspecified atom stereocenters. The Balaban J connectivity index is 2.00. The van der Waals surface area contributed by atoms with Gasteiger partial charge in [-0.05, 0) is 31.7 Å². The van der Waals surface area contributed by atoms with Crippen LogP contribution in [0.1, 0.15) is 17.5 Å². The molecule has 3 nitrogen and oxygen atoms in total. The minimum absolute atomic E-state index is 0.119. The van der Waals surface area contributed by atoms with Crippen molar-refractivity contribution in [1.29, 1.82) is 0 Å². The highest BCUT2D eigenvalue weighted by Crippen LogP contribution is 2.20. The lowest BCUT2D eigenvalue weighted by Gasteiger charge is -2.29. The molecule has 0 spiro atoms. The summed E-state index contributed by atoms with van der Waals surface area (Å²) in [4.78, 5) is 2.26. The molecule has 0 aliphatic carbocycles. The molecule has 0 saturated carbocycles. The van der Waals surface area contributed by atoms with Crippen LogP contribution < -0.4 is 4.74 Å². The van der Waals surface area contributed by atoms with Crippen molar-refractivity contribution in [3.8, 4) is 17.6 Å². The van der Waals surface area contributed by atoms with Crippen LogP contribution in [0.4, 0.5) is 0 Å². The van der Waals surface area contributed by atoms with Crippen molar-refractivity contribution in [2.45, 2.75) is 19.4 Å². The highest BCUT2D eigenvalue weighted by molar-refractivity contribution is 6.18. The molecule has 1 aromatic carbocycles. The first-order chi connectivity index (χ1) is 10.2. The SMILES string of the molecule is Cc1ccc(OCC2CN(C)CCO2)c(C#CCCCl)c1. The molecule has 4 heteroatoms. The second-order valence-electron chi connectivity index (χ2n) is 5.31. The van der Waals surface area contributed by atoms with Crippen LogP contribution in [0.5, 0.6) is 5.75 Å². The molecule has 114 valence electrons. The number of aryl methyl sites for hydroxylation is 1. The Hall–Kier alpha value is -1.21. The summed E-state index contributed by atoms with van der Waals surface area (Å²) < 4.78 is 11.6. The Morgan fingerprint density at radius 3 is 3.10 bits per heavy atom. The van der Waals surface area contributed by atoms with Gasteiger partial charge in [-0.1, -0.05) is 17.9 Å². The number of ether oxygens (including phenoxy) is 2. The Kier molecular flexibility index (Phi) is 6.38. The van der Waals surface area contributed by atoms with E-state index in [0.29, 0.717) is 18.9 Å². The van der Waals surface area contributed by atoms with Crippen LogP contribution in [0.3, 0.4) is 0 Å². The van der Waals surface area contributed by atoms with Gasteiger partial charge < -0.3 is 14.4 Å². The molecule has 1 saturated heterocycles. The monoisotopic (exact) mass is 307 g/mol. The van der Waals surface area contributed by atoms with E-state index in [1.807, 2.05) is 18.2 Å². The van der Waals surface area contributed by atoms with E-state index < -0.39 is 0 Å². The number of hydrogen-bond donors (Lipinski definition) is 0. The maximum atomic E-state index is 5.92. The first kappa shape index (κ1) is 16.2. The Morgan fingerprint density at radius 1 is 1.48 bits per heavy atom. The molecular weight excluding hydrogens is 286 g/mol. The molecule has 21 heavy (non-hydrogen) atoms. The molecule has 1 heterocycles. The zero-order valence-electron chi connectivity index (χ0n) is 12.7. The van der Waals surface area contributed by atoms with E-state index in [2.05, 4.69) is 30.7 Å². The lowest BCUT2D eigenvalue weighted by atomic mass is 10.1. The summed E-state index contributed by atoms with van der Waals surface area (Å²) in [5.41, 5.74) is 2.09. The van der Waals surface area contributed by atoms with Crippen LogP contribution in [0.2, 0.25) is 0 Å². The van der Waals surface area contributed by atoms with Crippen molar-refractivity contribution in [3.63, 3.8) is 0 Å². The summed E-state index contributed by atoms with van der Waals surface area (Å²) in [7, 11) is 2.10. The number of likely N-dealkylation sites (N-methyl/N-ethyl adjacent to an activating group) is 1. The third-order valence-corrected chi connectivity index (χ3v) is 3.53. The van der Waals surface area contributed by atoms with E-state index in [9.17, 15) is 0 Å². The predicted molar refractivity (Wildman–Crippen MR) is 86.1 cm³/mol. The van der Waals surface area contributed by atoms with E-state index >= 15 is 0 Å². The van der Waals surface area contributed by atoms with Gasteiger partial charge in [0.05, 0.1) is 12.2 Å². The second-order valence-corrected chi connectivity index (χ2v) is 5.68. The van der Waals surface area contributed by atoms with Gasteiger partial charge in [-0.15, -0.1) is 11.6 Å². The molecule has 1 aliphatic heterocycles. The van der Waals surface area contributed by atoms with Gasteiger partial charge in [0.25, 0.3) is 0 Å². The normalized spacial score (nSPS) is 18.9. The van der Waals surface area contributed by atoms with Crippen molar-refractivity contribution in [3.05, 3.63) is 29.3 Å². The van der Waals surface area contributed by atoms with Crippen molar-refractivity contribution in [2.24, 2.45) is 0 Å². The van der Waals surface area contributed by atoms with E-state index in [1.165, 1.54) is 5.56 Å². The summed E-state index contributed by atoms with van der Waals surface area (Å²) >= 11 is 5.66. The molecule has 0 amide bonds. The molecule has 0 aromatic heterocycles. The number of hydrogen-bond acceptors (Lipinski definition) is 3. The minimum atomic E-state index is 0.119. The largest absolute Gasteiger partial charge is 0.490 e. The third kappa shape index (κ3) is 5.24. The van der Waals surface area contributed by atoms with E-state index in [-0.39, 0.29) is 6.10 Å². The molecular formula is C17H22ClNO2. The average molecular weight is 308 g/mol. The maximum absolute atomic E-state index is 5.92. The van der Waals surface area contributed by atoms with Crippen LogP contribution in [0.15, 0.2) is 18.2 Å².